The Balaban J connectivity index is 1.48. The number of hydrogen-bond acceptors (Lipinski definition) is 6. The molecule has 38 heavy (non-hydrogen) atoms. The van der Waals surface area contributed by atoms with Gasteiger partial charge < -0.3 is 9.64 Å². The van der Waals surface area contributed by atoms with E-state index in [0.29, 0.717) is 22.4 Å². The lowest BCUT2D eigenvalue weighted by molar-refractivity contribution is -0.135. The van der Waals surface area contributed by atoms with Crippen molar-refractivity contribution in [3.05, 3.63) is 95.3 Å². The molecule has 1 fully saturated rings. The molecule has 1 atom stereocenters. The number of carbonyl (C=O) groups is 3. The third-order valence-electron chi connectivity index (χ3n) is 6.63. The highest BCUT2D eigenvalue weighted by atomic mass is 19.3. The lowest BCUT2D eigenvalue weighted by Crippen LogP contribution is -2.44. The molecule has 0 spiro atoms. The predicted molar refractivity (Wildman–Crippen MR) is 134 cm³/mol. The van der Waals surface area contributed by atoms with Crippen LogP contribution in [0, 0.1) is 11.3 Å². The average molecular weight is 518 g/mol. The first kappa shape index (κ1) is 26.6. The molecule has 0 radical (unpaired) electrons. The number of Topliss-reactive ketones (excluding diaryl/α,β-unsaturated/α-hetero) is 2. The van der Waals surface area contributed by atoms with Gasteiger partial charge in [-0.15, -0.1) is 0 Å². The standard InChI is InChI=1S/C29H25F2N3O4/c1-38-23-9-7-20(8-10-23)26(36)15-21-16-33-14-13-24(21)25(35)11-12-27(37)34-19-29(30,31)17-28(34,18-32)22-5-3-2-4-6-22/h2-10,13-14,16H,11-12,15,17,19H2,1H3/t28-/m0/s1. The number of pyridine rings is 1. The molecule has 3 aromatic rings. The number of methoxy groups -OCH3 is 1. The van der Waals surface area contributed by atoms with Crippen LogP contribution in [0.3, 0.4) is 0 Å². The molecule has 7 nitrogen and oxygen atoms in total. The van der Waals surface area contributed by atoms with Crippen molar-refractivity contribution in [3.8, 4) is 11.8 Å². The number of halogens is 2. The summed E-state index contributed by atoms with van der Waals surface area (Å²) in [4.78, 5) is 43.9. The molecule has 2 heterocycles. The van der Waals surface area contributed by atoms with Crippen LogP contribution < -0.4 is 4.74 Å². The minimum atomic E-state index is -3.24. The van der Waals surface area contributed by atoms with Gasteiger partial charge in [-0.25, -0.2) is 8.78 Å². The van der Waals surface area contributed by atoms with E-state index in [4.69, 9.17) is 4.74 Å². The van der Waals surface area contributed by atoms with Gasteiger partial charge >= 0.3 is 0 Å². The monoisotopic (exact) mass is 517 g/mol. The summed E-state index contributed by atoms with van der Waals surface area (Å²) in [5.74, 6) is -4.01. The quantitative estimate of drug-likeness (QED) is 0.379. The number of likely N-dealkylation sites (tertiary alicyclic amines) is 1. The van der Waals surface area contributed by atoms with Crippen molar-refractivity contribution in [2.45, 2.75) is 37.1 Å². The Morgan fingerprint density at radius 3 is 2.39 bits per heavy atom. The van der Waals surface area contributed by atoms with Crippen molar-refractivity contribution < 1.29 is 27.9 Å². The lowest BCUT2D eigenvalue weighted by Gasteiger charge is -2.32. The van der Waals surface area contributed by atoms with E-state index in [1.54, 1.807) is 54.6 Å². The Kier molecular flexibility index (Phi) is 7.62. The zero-order valence-corrected chi connectivity index (χ0v) is 20.7. The number of carbonyl (C=O) groups excluding carboxylic acids is 3. The summed E-state index contributed by atoms with van der Waals surface area (Å²) in [6.07, 6.45) is 1.30. The zero-order valence-electron chi connectivity index (χ0n) is 20.7. The molecular formula is C29H25F2N3O4. The highest BCUT2D eigenvalue weighted by molar-refractivity contribution is 6.02. The van der Waals surface area contributed by atoms with Crippen molar-refractivity contribution in [3.63, 3.8) is 0 Å². The number of benzene rings is 2. The van der Waals surface area contributed by atoms with Crippen LogP contribution in [0.25, 0.3) is 0 Å². The van der Waals surface area contributed by atoms with Gasteiger partial charge in [0.05, 0.1) is 26.1 Å². The summed E-state index contributed by atoms with van der Waals surface area (Å²) in [5, 5.41) is 9.93. The number of alkyl halides is 2. The van der Waals surface area contributed by atoms with E-state index in [-0.39, 0.29) is 30.6 Å². The molecule has 0 saturated carbocycles. The minimum Gasteiger partial charge on any atom is -0.497 e. The molecule has 1 saturated heterocycles. The molecule has 0 N–H and O–H groups in total. The van der Waals surface area contributed by atoms with Crippen molar-refractivity contribution in [1.29, 1.82) is 5.26 Å². The summed E-state index contributed by atoms with van der Waals surface area (Å²) in [6, 6.07) is 18.0. The highest BCUT2D eigenvalue weighted by Gasteiger charge is 2.57. The fourth-order valence-corrected chi connectivity index (χ4v) is 4.71. The highest BCUT2D eigenvalue weighted by Crippen LogP contribution is 2.46. The lowest BCUT2D eigenvalue weighted by atomic mass is 9.87. The summed E-state index contributed by atoms with van der Waals surface area (Å²) in [7, 11) is 1.52. The second-order valence-electron chi connectivity index (χ2n) is 9.14. The number of rotatable bonds is 9. The van der Waals surface area contributed by atoms with Crippen LogP contribution in [0.2, 0.25) is 0 Å². The summed E-state index contributed by atoms with van der Waals surface area (Å²) in [6.45, 7) is -0.903. The maximum Gasteiger partial charge on any atom is 0.269 e. The van der Waals surface area contributed by atoms with E-state index < -0.39 is 36.1 Å². The van der Waals surface area contributed by atoms with Gasteiger partial charge in [-0.05, 0) is 41.5 Å². The maximum absolute atomic E-state index is 14.5. The number of nitrogens with zero attached hydrogens (tertiary/aromatic N) is 3. The Hall–Kier alpha value is -4.45. The predicted octanol–water partition coefficient (Wildman–Crippen LogP) is 4.77. The maximum atomic E-state index is 14.5. The molecule has 194 valence electrons. The summed E-state index contributed by atoms with van der Waals surface area (Å²) in [5.41, 5.74) is -0.456. The van der Waals surface area contributed by atoms with Crippen molar-refractivity contribution in [1.82, 2.24) is 9.88 Å². The minimum absolute atomic E-state index is 0.0842. The second-order valence-corrected chi connectivity index (χ2v) is 9.14. The van der Waals surface area contributed by atoms with Crippen LogP contribution in [0.1, 0.15) is 51.1 Å². The number of nitriles is 1. The smallest absolute Gasteiger partial charge is 0.269 e. The van der Waals surface area contributed by atoms with E-state index in [1.165, 1.54) is 25.6 Å². The number of hydrogen-bond donors (Lipinski definition) is 0. The molecule has 0 bridgehead atoms. The third-order valence-corrected chi connectivity index (χ3v) is 6.63. The van der Waals surface area contributed by atoms with E-state index in [1.807, 2.05) is 6.07 Å². The largest absolute Gasteiger partial charge is 0.497 e. The SMILES string of the molecule is COc1ccc(C(=O)Cc2cnccc2C(=O)CCC(=O)N2CC(F)(F)C[C@]2(C#N)c2ccccc2)cc1. The average Bonchev–Trinajstić information content (AvgIpc) is 3.24. The molecular weight excluding hydrogens is 492 g/mol. The van der Waals surface area contributed by atoms with Gasteiger partial charge in [-0.1, -0.05) is 30.3 Å². The fraction of sp³-hybridized carbons (Fsp3) is 0.276. The first-order chi connectivity index (χ1) is 18.2. The molecule has 1 aromatic heterocycles. The van der Waals surface area contributed by atoms with Crippen molar-refractivity contribution >= 4 is 17.5 Å². The van der Waals surface area contributed by atoms with Crippen LogP contribution >= 0.6 is 0 Å². The Morgan fingerprint density at radius 1 is 1.03 bits per heavy atom. The van der Waals surface area contributed by atoms with Crippen LogP contribution in [0.15, 0.2) is 73.1 Å². The topological polar surface area (TPSA) is 100 Å². The Bertz CT molecular complexity index is 1390. The number of amides is 1. The molecule has 4 rings (SSSR count). The van der Waals surface area contributed by atoms with Crippen LogP contribution in [0.4, 0.5) is 8.78 Å². The molecule has 2 aromatic carbocycles. The van der Waals surface area contributed by atoms with Crippen LogP contribution in [-0.4, -0.2) is 46.9 Å². The van der Waals surface area contributed by atoms with E-state index in [9.17, 15) is 28.4 Å². The van der Waals surface area contributed by atoms with Crippen molar-refractivity contribution in [2.24, 2.45) is 0 Å². The normalized spacial score (nSPS) is 18.0. The zero-order chi connectivity index (χ0) is 27.3. The molecule has 1 aliphatic heterocycles. The van der Waals surface area contributed by atoms with Gasteiger partial charge in [0.15, 0.2) is 17.1 Å². The first-order valence-electron chi connectivity index (χ1n) is 12.0. The van der Waals surface area contributed by atoms with Gasteiger partial charge in [0.25, 0.3) is 5.92 Å². The molecule has 0 unspecified atom stereocenters. The van der Waals surface area contributed by atoms with Gasteiger partial charge in [0.2, 0.25) is 5.91 Å². The number of ketones is 2. The van der Waals surface area contributed by atoms with E-state index >= 15 is 0 Å². The third kappa shape index (κ3) is 5.44. The fourth-order valence-electron chi connectivity index (χ4n) is 4.71. The van der Waals surface area contributed by atoms with Gasteiger partial charge in [-0.3, -0.25) is 19.4 Å². The molecule has 1 aliphatic rings. The Morgan fingerprint density at radius 2 is 1.74 bits per heavy atom. The summed E-state index contributed by atoms with van der Waals surface area (Å²) >= 11 is 0. The second kappa shape index (κ2) is 10.9. The van der Waals surface area contributed by atoms with Gasteiger partial charge in [0.1, 0.15) is 5.75 Å². The molecule has 9 heteroatoms. The first-order valence-corrected chi connectivity index (χ1v) is 12.0. The number of aromatic nitrogens is 1. The Labute approximate surface area is 218 Å². The van der Waals surface area contributed by atoms with Crippen LogP contribution in [-0.2, 0) is 16.8 Å². The van der Waals surface area contributed by atoms with Gasteiger partial charge in [0, 0.05) is 42.8 Å². The van der Waals surface area contributed by atoms with Crippen molar-refractivity contribution in [2.75, 3.05) is 13.7 Å². The molecule has 0 aliphatic carbocycles. The number of ether oxygens (including phenoxy) is 1. The molecule has 1 amide bonds. The van der Waals surface area contributed by atoms with Crippen LogP contribution in [0.5, 0.6) is 5.75 Å². The van der Waals surface area contributed by atoms with E-state index in [2.05, 4.69) is 4.98 Å². The summed E-state index contributed by atoms with van der Waals surface area (Å²) < 4.78 is 34.1. The van der Waals surface area contributed by atoms with E-state index in [0.717, 1.165) is 4.90 Å². The van der Waals surface area contributed by atoms with Gasteiger partial charge in [-0.2, -0.15) is 5.26 Å².